The average molecular weight is 246 g/mol. The van der Waals surface area contributed by atoms with Crippen molar-refractivity contribution in [1.82, 2.24) is 0 Å². The van der Waals surface area contributed by atoms with E-state index in [1.165, 1.54) is 29.5 Å². The van der Waals surface area contributed by atoms with Gasteiger partial charge in [0.1, 0.15) is 17.4 Å². The maximum Gasteiger partial charge on any atom is 0.265 e. The lowest BCUT2D eigenvalue weighted by atomic mass is 10.2. The van der Waals surface area contributed by atoms with Crippen molar-refractivity contribution in [2.24, 2.45) is 0 Å². The van der Waals surface area contributed by atoms with Crippen molar-refractivity contribution in [2.75, 3.05) is 5.32 Å². The van der Waals surface area contributed by atoms with E-state index in [0.717, 1.165) is 0 Å². The van der Waals surface area contributed by atoms with E-state index in [-0.39, 0.29) is 17.2 Å². The number of hydrogen-bond acceptors (Lipinski definition) is 3. The van der Waals surface area contributed by atoms with Gasteiger partial charge in [-0.15, -0.1) is 11.3 Å². The third kappa shape index (κ3) is 2.32. The number of carbonyl (C=O) groups is 1. The van der Waals surface area contributed by atoms with Crippen molar-refractivity contribution in [3.8, 4) is 6.07 Å². The first-order chi connectivity index (χ1) is 8.22. The van der Waals surface area contributed by atoms with Crippen molar-refractivity contribution < 1.29 is 9.18 Å². The second-order valence-electron chi connectivity index (χ2n) is 3.21. The fraction of sp³-hybridized carbons (Fsp3) is 0. The number of nitrogens with zero attached hydrogens (tertiary/aromatic N) is 1. The first-order valence-corrected chi connectivity index (χ1v) is 5.64. The molecule has 0 spiro atoms. The van der Waals surface area contributed by atoms with Gasteiger partial charge >= 0.3 is 0 Å². The van der Waals surface area contributed by atoms with Gasteiger partial charge in [-0.3, -0.25) is 4.79 Å². The van der Waals surface area contributed by atoms with Crippen molar-refractivity contribution in [2.45, 2.75) is 0 Å². The van der Waals surface area contributed by atoms with Crippen LogP contribution in [0.15, 0.2) is 35.7 Å². The fourth-order valence-corrected chi connectivity index (χ4v) is 1.95. The van der Waals surface area contributed by atoms with Crippen LogP contribution in [0.25, 0.3) is 0 Å². The minimum atomic E-state index is -0.642. The Hall–Kier alpha value is -2.19. The number of nitriles is 1. The van der Waals surface area contributed by atoms with E-state index in [9.17, 15) is 9.18 Å². The molecule has 0 aliphatic heterocycles. The molecule has 0 atom stereocenters. The Morgan fingerprint density at radius 1 is 1.35 bits per heavy atom. The molecule has 17 heavy (non-hydrogen) atoms. The third-order valence-corrected chi connectivity index (χ3v) is 2.99. The van der Waals surface area contributed by atoms with E-state index in [4.69, 9.17) is 5.26 Å². The number of hydrogen-bond donors (Lipinski definition) is 1. The standard InChI is InChI=1S/C12H7FN2OS/c13-9-3-1-4-10(8(9)7-14)15-12(16)11-5-2-6-17-11/h1-6H,(H,15,16). The second kappa shape index (κ2) is 4.76. The summed E-state index contributed by atoms with van der Waals surface area (Å²) in [5, 5.41) is 13.1. The van der Waals surface area contributed by atoms with Crippen LogP contribution in [-0.4, -0.2) is 5.91 Å². The molecule has 0 aliphatic carbocycles. The monoisotopic (exact) mass is 246 g/mol. The smallest absolute Gasteiger partial charge is 0.265 e. The summed E-state index contributed by atoms with van der Waals surface area (Å²) < 4.78 is 13.3. The highest BCUT2D eigenvalue weighted by atomic mass is 32.1. The topological polar surface area (TPSA) is 52.9 Å². The molecule has 0 unspecified atom stereocenters. The molecule has 3 nitrogen and oxygen atoms in total. The number of nitrogens with one attached hydrogen (secondary N) is 1. The minimum Gasteiger partial charge on any atom is -0.320 e. The molecule has 5 heteroatoms. The van der Waals surface area contributed by atoms with Gasteiger partial charge in [0, 0.05) is 0 Å². The lowest BCUT2D eigenvalue weighted by Crippen LogP contribution is -2.11. The summed E-state index contributed by atoms with van der Waals surface area (Å²) in [6, 6.07) is 9.25. The summed E-state index contributed by atoms with van der Waals surface area (Å²) in [5.74, 6) is -0.987. The van der Waals surface area contributed by atoms with Crippen LogP contribution in [0.4, 0.5) is 10.1 Å². The second-order valence-corrected chi connectivity index (χ2v) is 4.15. The van der Waals surface area contributed by atoms with E-state index in [2.05, 4.69) is 5.32 Å². The number of halogens is 1. The van der Waals surface area contributed by atoms with Gasteiger partial charge in [0.15, 0.2) is 0 Å². The minimum absolute atomic E-state index is 0.155. The molecule has 0 saturated carbocycles. The van der Waals surface area contributed by atoms with Gasteiger partial charge in [-0.1, -0.05) is 12.1 Å². The van der Waals surface area contributed by atoms with Gasteiger partial charge in [0.05, 0.1) is 10.6 Å². The van der Waals surface area contributed by atoms with Crippen LogP contribution < -0.4 is 5.32 Å². The molecule has 0 saturated heterocycles. The number of thiophene rings is 1. The van der Waals surface area contributed by atoms with Gasteiger partial charge in [0.2, 0.25) is 0 Å². The average Bonchev–Trinajstić information content (AvgIpc) is 2.82. The van der Waals surface area contributed by atoms with E-state index >= 15 is 0 Å². The molecular weight excluding hydrogens is 239 g/mol. The molecule has 2 rings (SSSR count). The van der Waals surface area contributed by atoms with Crippen molar-refractivity contribution in [3.63, 3.8) is 0 Å². The lowest BCUT2D eigenvalue weighted by Gasteiger charge is -2.05. The zero-order chi connectivity index (χ0) is 12.3. The first kappa shape index (κ1) is 11.3. The number of rotatable bonds is 2. The first-order valence-electron chi connectivity index (χ1n) is 4.76. The van der Waals surface area contributed by atoms with Gasteiger partial charge in [-0.2, -0.15) is 5.26 Å². The maximum atomic E-state index is 13.3. The summed E-state index contributed by atoms with van der Waals surface area (Å²) >= 11 is 1.28. The van der Waals surface area contributed by atoms with E-state index in [1.54, 1.807) is 23.6 Å². The van der Waals surface area contributed by atoms with Crippen LogP contribution in [0.1, 0.15) is 15.2 Å². The summed E-state index contributed by atoms with van der Waals surface area (Å²) in [7, 11) is 0. The molecule has 1 heterocycles. The van der Waals surface area contributed by atoms with Crippen LogP contribution in [0.5, 0.6) is 0 Å². The number of carbonyl (C=O) groups excluding carboxylic acids is 1. The third-order valence-electron chi connectivity index (χ3n) is 2.12. The fourth-order valence-electron chi connectivity index (χ4n) is 1.33. The lowest BCUT2D eigenvalue weighted by molar-refractivity contribution is 0.103. The highest BCUT2D eigenvalue weighted by Crippen LogP contribution is 2.19. The van der Waals surface area contributed by atoms with Crippen molar-refractivity contribution in [3.05, 3.63) is 52.0 Å². The Labute approximate surface area is 101 Å². The van der Waals surface area contributed by atoms with Gasteiger partial charge in [-0.25, -0.2) is 4.39 Å². The molecule has 0 fully saturated rings. The summed E-state index contributed by atoms with van der Waals surface area (Å²) in [6.07, 6.45) is 0. The highest BCUT2D eigenvalue weighted by Gasteiger charge is 2.12. The number of amides is 1. The zero-order valence-electron chi connectivity index (χ0n) is 8.61. The normalized spacial score (nSPS) is 9.65. The van der Waals surface area contributed by atoms with Gasteiger partial charge in [0.25, 0.3) is 5.91 Å². The van der Waals surface area contributed by atoms with Crippen LogP contribution in [-0.2, 0) is 0 Å². The predicted octanol–water partition coefficient (Wildman–Crippen LogP) is 3.01. The number of benzene rings is 1. The van der Waals surface area contributed by atoms with Gasteiger partial charge < -0.3 is 5.32 Å². The van der Waals surface area contributed by atoms with Crippen molar-refractivity contribution in [1.29, 1.82) is 5.26 Å². The van der Waals surface area contributed by atoms with Crippen LogP contribution in [0.3, 0.4) is 0 Å². The maximum absolute atomic E-state index is 13.3. The highest BCUT2D eigenvalue weighted by molar-refractivity contribution is 7.12. The number of anilines is 1. The largest absolute Gasteiger partial charge is 0.320 e. The van der Waals surface area contributed by atoms with Crippen LogP contribution in [0, 0.1) is 17.1 Å². The van der Waals surface area contributed by atoms with Crippen LogP contribution in [0.2, 0.25) is 0 Å². The van der Waals surface area contributed by atoms with Gasteiger partial charge in [-0.05, 0) is 23.6 Å². The zero-order valence-corrected chi connectivity index (χ0v) is 9.42. The molecule has 1 aromatic carbocycles. The Bertz CT molecular complexity index is 587. The molecule has 84 valence electrons. The Morgan fingerprint density at radius 3 is 2.82 bits per heavy atom. The van der Waals surface area contributed by atoms with Crippen molar-refractivity contribution >= 4 is 22.9 Å². The van der Waals surface area contributed by atoms with E-state index in [1.807, 2.05) is 0 Å². The Kier molecular flexibility index (Phi) is 3.17. The Morgan fingerprint density at radius 2 is 2.18 bits per heavy atom. The molecular formula is C12H7FN2OS. The Balaban J connectivity index is 2.29. The molecule has 0 radical (unpaired) electrons. The van der Waals surface area contributed by atoms with E-state index < -0.39 is 5.82 Å². The van der Waals surface area contributed by atoms with Crippen LogP contribution >= 0.6 is 11.3 Å². The van der Waals surface area contributed by atoms with E-state index in [0.29, 0.717) is 4.88 Å². The summed E-state index contributed by atoms with van der Waals surface area (Å²) in [4.78, 5) is 12.2. The molecule has 0 bridgehead atoms. The molecule has 0 aliphatic rings. The summed E-state index contributed by atoms with van der Waals surface area (Å²) in [6.45, 7) is 0. The SMILES string of the molecule is N#Cc1c(F)cccc1NC(=O)c1cccs1. The summed E-state index contributed by atoms with van der Waals surface area (Å²) in [5.41, 5.74) is 0.0308. The predicted molar refractivity (Wildman–Crippen MR) is 63.4 cm³/mol. The molecule has 1 amide bonds. The molecule has 2 aromatic rings. The molecule has 1 N–H and O–H groups in total. The quantitative estimate of drug-likeness (QED) is 0.885. The molecule has 1 aromatic heterocycles.